The van der Waals surface area contributed by atoms with Gasteiger partial charge in [-0.1, -0.05) is 40.2 Å². The minimum atomic E-state index is 0.943. The number of nitrogens with zero attached hydrogens (tertiary/aromatic N) is 1. The van der Waals surface area contributed by atoms with E-state index in [9.17, 15) is 0 Å². The Balaban J connectivity index is 2.50. The van der Waals surface area contributed by atoms with Crippen LogP contribution in [0.1, 0.15) is 11.1 Å². The van der Waals surface area contributed by atoms with Gasteiger partial charge in [0.15, 0.2) is 0 Å². The number of alkyl halides is 1. The molecule has 0 saturated carbocycles. The van der Waals surface area contributed by atoms with Crippen LogP contribution in [0.5, 0.6) is 0 Å². The van der Waals surface area contributed by atoms with Gasteiger partial charge in [0.1, 0.15) is 0 Å². The van der Waals surface area contributed by atoms with E-state index in [-0.39, 0.29) is 0 Å². The Morgan fingerprint density at radius 1 is 1.31 bits per heavy atom. The monoisotopic (exact) mass is 241 g/mol. The first-order valence-electron chi connectivity index (χ1n) is 4.53. The summed E-state index contributed by atoms with van der Waals surface area (Å²) in [6, 6.07) is 8.57. The number of benzene rings is 1. The Hall–Kier alpha value is -0.340. The molecular formula is C11H16BrN. The van der Waals surface area contributed by atoms with Crippen molar-refractivity contribution in [2.24, 2.45) is 0 Å². The number of likely N-dealkylation sites (N-methyl/N-ethyl adjacent to an activating group) is 1. The van der Waals surface area contributed by atoms with Crippen LogP contribution in [0.25, 0.3) is 0 Å². The minimum Gasteiger partial charge on any atom is -0.296 e. The van der Waals surface area contributed by atoms with Crippen molar-refractivity contribution in [3.05, 3.63) is 35.4 Å². The summed E-state index contributed by atoms with van der Waals surface area (Å²) >= 11 is 3.43. The van der Waals surface area contributed by atoms with Crippen LogP contribution in [-0.2, 0) is 6.42 Å². The summed E-state index contributed by atoms with van der Waals surface area (Å²) in [5, 5.41) is 0. The summed E-state index contributed by atoms with van der Waals surface area (Å²) in [6.07, 6.45) is 1.13. The molecule has 0 aliphatic rings. The van der Waals surface area contributed by atoms with Gasteiger partial charge in [0.2, 0.25) is 0 Å². The molecule has 0 radical (unpaired) electrons. The zero-order valence-corrected chi connectivity index (χ0v) is 9.84. The van der Waals surface area contributed by atoms with Gasteiger partial charge >= 0.3 is 0 Å². The van der Waals surface area contributed by atoms with Crippen LogP contribution in [0.15, 0.2) is 24.3 Å². The van der Waals surface area contributed by atoms with Crippen LogP contribution in [-0.4, -0.2) is 23.9 Å². The normalized spacial score (nSPS) is 10.8. The number of hydrogen-bond acceptors (Lipinski definition) is 1. The first-order valence-corrected chi connectivity index (χ1v) is 5.65. The van der Waals surface area contributed by atoms with Gasteiger partial charge in [-0.25, -0.2) is 0 Å². The first kappa shape index (κ1) is 10.7. The molecule has 0 atom stereocenters. The van der Waals surface area contributed by atoms with Gasteiger partial charge < -0.3 is 0 Å². The van der Waals surface area contributed by atoms with E-state index in [4.69, 9.17) is 0 Å². The van der Waals surface area contributed by atoms with Crippen LogP contribution < -0.4 is 0 Å². The summed E-state index contributed by atoms with van der Waals surface area (Å²) in [5.74, 6) is 0. The van der Waals surface area contributed by atoms with Crippen LogP contribution in [0.4, 0.5) is 0 Å². The Kier molecular flexibility index (Phi) is 4.46. The molecule has 0 aliphatic heterocycles. The molecule has 0 fully saturated rings. The third-order valence-electron chi connectivity index (χ3n) is 2.23. The van der Waals surface area contributed by atoms with Crippen molar-refractivity contribution >= 4 is 15.9 Å². The summed E-state index contributed by atoms with van der Waals surface area (Å²) in [5.41, 5.74) is 3.79. The molecule has 0 heterocycles. The topological polar surface area (TPSA) is 3.24 Å². The highest BCUT2D eigenvalue weighted by atomic mass is 79.9. The van der Waals surface area contributed by atoms with Crippen molar-refractivity contribution < 1.29 is 0 Å². The number of hydrogen-bond donors (Lipinski definition) is 0. The number of halogens is 1. The molecule has 72 valence electrons. The molecule has 1 rings (SSSR count). The molecule has 0 N–H and O–H groups in total. The van der Waals surface area contributed by atoms with Crippen LogP contribution in [0, 0.1) is 6.92 Å². The molecule has 0 bridgehead atoms. The van der Waals surface area contributed by atoms with E-state index in [1.807, 2.05) is 0 Å². The number of aryl methyl sites for hydroxylation is 1. The second kappa shape index (κ2) is 5.40. The Morgan fingerprint density at radius 3 is 2.62 bits per heavy atom. The lowest BCUT2D eigenvalue weighted by molar-refractivity contribution is 0.401. The van der Waals surface area contributed by atoms with Gasteiger partial charge in [0.05, 0.1) is 5.45 Å². The zero-order valence-electron chi connectivity index (χ0n) is 8.26. The van der Waals surface area contributed by atoms with E-state index in [1.54, 1.807) is 0 Å². The summed E-state index contributed by atoms with van der Waals surface area (Å²) < 4.78 is 0. The van der Waals surface area contributed by atoms with Crippen molar-refractivity contribution in [2.75, 3.05) is 19.0 Å². The molecule has 1 nitrogen and oxygen atoms in total. The maximum Gasteiger partial charge on any atom is 0.0539 e. The highest BCUT2D eigenvalue weighted by Crippen LogP contribution is 2.08. The average Bonchev–Trinajstić information content (AvgIpc) is 2.16. The van der Waals surface area contributed by atoms with Crippen molar-refractivity contribution in [1.29, 1.82) is 0 Å². The van der Waals surface area contributed by atoms with E-state index in [0.29, 0.717) is 0 Å². The van der Waals surface area contributed by atoms with E-state index < -0.39 is 0 Å². The quantitative estimate of drug-likeness (QED) is 0.579. The SMILES string of the molecule is Cc1ccccc1CCN(C)CBr. The maximum absolute atomic E-state index is 3.43. The summed E-state index contributed by atoms with van der Waals surface area (Å²) in [6.45, 7) is 3.28. The van der Waals surface area contributed by atoms with E-state index >= 15 is 0 Å². The zero-order chi connectivity index (χ0) is 9.68. The molecule has 0 spiro atoms. The lowest BCUT2D eigenvalue weighted by Gasteiger charge is -2.13. The first-order chi connectivity index (χ1) is 6.24. The number of rotatable bonds is 4. The van der Waals surface area contributed by atoms with E-state index in [1.165, 1.54) is 11.1 Å². The molecule has 1 aromatic rings. The molecule has 13 heavy (non-hydrogen) atoms. The average molecular weight is 242 g/mol. The second-order valence-corrected chi connectivity index (χ2v) is 3.88. The third kappa shape index (κ3) is 3.49. The van der Waals surface area contributed by atoms with Gasteiger partial charge in [0, 0.05) is 6.54 Å². The molecular weight excluding hydrogens is 226 g/mol. The van der Waals surface area contributed by atoms with Crippen LogP contribution >= 0.6 is 15.9 Å². The predicted octanol–water partition coefficient (Wildman–Crippen LogP) is 2.82. The molecule has 0 aromatic heterocycles. The molecule has 2 heteroatoms. The fourth-order valence-electron chi connectivity index (χ4n) is 1.26. The van der Waals surface area contributed by atoms with Crippen molar-refractivity contribution in [1.82, 2.24) is 4.90 Å². The van der Waals surface area contributed by atoms with Crippen molar-refractivity contribution in [3.63, 3.8) is 0 Å². The minimum absolute atomic E-state index is 0.943. The largest absolute Gasteiger partial charge is 0.296 e. The molecule has 0 amide bonds. The van der Waals surface area contributed by atoms with Crippen molar-refractivity contribution in [2.45, 2.75) is 13.3 Å². The molecule has 1 aromatic carbocycles. The lowest BCUT2D eigenvalue weighted by atomic mass is 10.1. The Labute approximate surface area is 88.9 Å². The van der Waals surface area contributed by atoms with Gasteiger partial charge in [-0.05, 0) is 31.5 Å². The Bertz CT molecular complexity index is 260. The molecule has 0 saturated heterocycles. The fourth-order valence-corrected chi connectivity index (χ4v) is 1.51. The van der Waals surface area contributed by atoms with E-state index in [0.717, 1.165) is 18.4 Å². The standard InChI is InChI=1S/C11H16BrN/c1-10-5-3-4-6-11(10)7-8-13(2)9-12/h3-6H,7-9H2,1-2H3. The fraction of sp³-hybridized carbons (Fsp3) is 0.455. The molecule has 0 unspecified atom stereocenters. The van der Waals surface area contributed by atoms with Gasteiger partial charge in [-0.15, -0.1) is 0 Å². The highest BCUT2D eigenvalue weighted by molar-refractivity contribution is 9.09. The highest BCUT2D eigenvalue weighted by Gasteiger charge is 1.99. The maximum atomic E-state index is 3.43. The third-order valence-corrected chi connectivity index (χ3v) is 3.08. The smallest absolute Gasteiger partial charge is 0.0539 e. The summed E-state index contributed by atoms with van der Waals surface area (Å²) in [4.78, 5) is 2.26. The summed E-state index contributed by atoms with van der Waals surface area (Å²) in [7, 11) is 2.12. The van der Waals surface area contributed by atoms with Gasteiger partial charge in [0.25, 0.3) is 0 Å². The lowest BCUT2D eigenvalue weighted by Crippen LogP contribution is -2.19. The van der Waals surface area contributed by atoms with Crippen LogP contribution in [0.2, 0.25) is 0 Å². The van der Waals surface area contributed by atoms with E-state index in [2.05, 4.69) is 59.1 Å². The van der Waals surface area contributed by atoms with Gasteiger partial charge in [-0.3, -0.25) is 4.90 Å². The van der Waals surface area contributed by atoms with Crippen LogP contribution in [0.3, 0.4) is 0 Å². The van der Waals surface area contributed by atoms with Gasteiger partial charge in [-0.2, -0.15) is 0 Å². The predicted molar refractivity (Wildman–Crippen MR) is 61.3 cm³/mol. The Morgan fingerprint density at radius 2 is 2.00 bits per heavy atom. The van der Waals surface area contributed by atoms with Crippen molar-refractivity contribution in [3.8, 4) is 0 Å². The second-order valence-electron chi connectivity index (χ2n) is 3.38. The molecule has 0 aliphatic carbocycles.